The van der Waals surface area contributed by atoms with Crippen LogP contribution in [0.2, 0.25) is 0 Å². The molecule has 0 aliphatic carbocycles. The Morgan fingerprint density at radius 2 is 1.17 bits per heavy atom. The van der Waals surface area contributed by atoms with Gasteiger partial charge in [-0.3, -0.25) is 0 Å². The molecule has 0 unspecified atom stereocenters. The van der Waals surface area contributed by atoms with Crippen LogP contribution in [-0.4, -0.2) is 0 Å². The third kappa shape index (κ3) is 13.3. The minimum Gasteiger partial charge on any atom is -0.0918 e. The van der Waals surface area contributed by atoms with Gasteiger partial charge in [-0.1, -0.05) is 83.3 Å². The Balaban J connectivity index is 3.45. The molecule has 0 heterocycles. The minimum atomic E-state index is 1.14. The number of hydrogen-bond acceptors (Lipinski definition) is 0. The number of rotatable bonds is 12. The zero-order chi connectivity index (χ0) is 13.5. The molecule has 0 amide bonds. The quantitative estimate of drug-likeness (QED) is 0.270. The highest BCUT2D eigenvalue weighted by Gasteiger charge is 1.86. The van der Waals surface area contributed by atoms with E-state index in [2.05, 4.69) is 44.7 Å². The fraction of sp³-hybridized carbons (Fsp3) is 0.667. The van der Waals surface area contributed by atoms with Crippen LogP contribution < -0.4 is 0 Å². The van der Waals surface area contributed by atoms with E-state index < -0.39 is 0 Å². The summed E-state index contributed by atoms with van der Waals surface area (Å²) in [5, 5.41) is 0. The fourth-order valence-electron chi connectivity index (χ4n) is 1.90. The molecule has 0 bridgehead atoms. The van der Waals surface area contributed by atoms with Crippen LogP contribution in [0.5, 0.6) is 0 Å². The summed E-state index contributed by atoms with van der Waals surface area (Å²) in [6.45, 7) is 8.55. The SMILES string of the molecule is C=C(C=CCCCCCC)C=CCCCCCC. The van der Waals surface area contributed by atoms with Crippen molar-refractivity contribution >= 4 is 0 Å². The van der Waals surface area contributed by atoms with E-state index in [4.69, 9.17) is 0 Å². The highest BCUT2D eigenvalue weighted by Crippen LogP contribution is 2.06. The smallest absolute Gasteiger partial charge is 0.0335 e. The Morgan fingerprint density at radius 3 is 1.56 bits per heavy atom. The predicted molar refractivity (Wildman–Crippen MR) is 84.9 cm³/mol. The normalized spacial score (nSPS) is 11.7. The molecule has 0 aromatic carbocycles. The van der Waals surface area contributed by atoms with Crippen LogP contribution in [0.1, 0.15) is 78.1 Å². The monoisotopic (exact) mass is 248 g/mol. The standard InChI is InChI=1S/C18H32/c1-4-6-8-10-12-14-16-18(3)17-15-13-11-9-7-5-2/h14-17H,3-13H2,1-2H3. The van der Waals surface area contributed by atoms with Crippen LogP contribution in [0.4, 0.5) is 0 Å². The van der Waals surface area contributed by atoms with Crippen LogP contribution in [0.25, 0.3) is 0 Å². The van der Waals surface area contributed by atoms with E-state index in [1.165, 1.54) is 64.2 Å². The summed E-state index contributed by atoms with van der Waals surface area (Å²) >= 11 is 0. The topological polar surface area (TPSA) is 0 Å². The molecule has 0 saturated heterocycles. The second-order valence-electron chi connectivity index (χ2n) is 5.08. The van der Waals surface area contributed by atoms with Crippen LogP contribution in [0.3, 0.4) is 0 Å². The maximum atomic E-state index is 4.05. The van der Waals surface area contributed by atoms with Crippen molar-refractivity contribution < 1.29 is 0 Å². The number of hydrogen-bond donors (Lipinski definition) is 0. The van der Waals surface area contributed by atoms with E-state index in [1.54, 1.807) is 0 Å². The summed E-state index contributed by atoms with van der Waals surface area (Å²) in [6.07, 6.45) is 22.0. The molecular weight excluding hydrogens is 216 g/mol. The van der Waals surface area contributed by atoms with E-state index in [1.807, 2.05) is 0 Å². The first-order chi connectivity index (χ1) is 8.81. The molecule has 0 nitrogen and oxygen atoms in total. The van der Waals surface area contributed by atoms with Crippen LogP contribution in [0.15, 0.2) is 36.5 Å². The van der Waals surface area contributed by atoms with Crippen molar-refractivity contribution in [2.24, 2.45) is 0 Å². The zero-order valence-electron chi connectivity index (χ0n) is 12.6. The predicted octanol–water partition coefficient (Wildman–Crippen LogP) is 6.60. The van der Waals surface area contributed by atoms with Gasteiger partial charge in [0.25, 0.3) is 0 Å². The van der Waals surface area contributed by atoms with Gasteiger partial charge in [0.15, 0.2) is 0 Å². The van der Waals surface area contributed by atoms with Crippen LogP contribution >= 0.6 is 0 Å². The summed E-state index contributed by atoms with van der Waals surface area (Å²) in [7, 11) is 0. The molecule has 0 N–H and O–H groups in total. The molecule has 0 radical (unpaired) electrons. The Morgan fingerprint density at radius 1 is 0.722 bits per heavy atom. The Kier molecular flexibility index (Phi) is 13.7. The third-order valence-corrected chi connectivity index (χ3v) is 3.11. The summed E-state index contributed by atoms with van der Waals surface area (Å²) in [6, 6.07) is 0. The average Bonchev–Trinajstić information content (AvgIpc) is 2.38. The second kappa shape index (κ2) is 14.3. The highest BCUT2D eigenvalue weighted by atomic mass is 13.9. The van der Waals surface area contributed by atoms with Gasteiger partial charge < -0.3 is 0 Å². The zero-order valence-corrected chi connectivity index (χ0v) is 12.6. The average molecular weight is 248 g/mol. The Hall–Kier alpha value is -0.780. The minimum absolute atomic E-state index is 1.14. The van der Waals surface area contributed by atoms with E-state index >= 15 is 0 Å². The molecule has 0 atom stereocenters. The number of unbranched alkanes of at least 4 members (excludes halogenated alkanes) is 8. The Bertz CT molecular complexity index is 208. The van der Waals surface area contributed by atoms with Gasteiger partial charge in [0, 0.05) is 0 Å². The fourth-order valence-corrected chi connectivity index (χ4v) is 1.90. The van der Waals surface area contributed by atoms with Gasteiger partial charge in [-0.15, -0.1) is 0 Å². The molecule has 0 aliphatic heterocycles. The first-order valence-corrected chi connectivity index (χ1v) is 7.83. The lowest BCUT2D eigenvalue weighted by molar-refractivity contribution is 0.674. The van der Waals surface area contributed by atoms with Gasteiger partial charge in [-0.25, -0.2) is 0 Å². The lowest BCUT2D eigenvalue weighted by Crippen LogP contribution is -1.75. The first-order valence-electron chi connectivity index (χ1n) is 7.83. The van der Waals surface area contributed by atoms with Crippen molar-refractivity contribution in [1.82, 2.24) is 0 Å². The lowest BCUT2D eigenvalue weighted by Gasteiger charge is -1.96. The van der Waals surface area contributed by atoms with E-state index in [-0.39, 0.29) is 0 Å². The van der Waals surface area contributed by atoms with Gasteiger partial charge in [-0.05, 0) is 31.3 Å². The molecular formula is C18H32. The van der Waals surface area contributed by atoms with Crippen LogP contribution in [0, 0.1) is 0 Å². The molecule has 0 aromatic rings. The summed E-state index contributed by atoms with van der Waals surface area (Å²) in [4.78, 5) is 0. The molecule has 0 fully saturated rings. The largest absolute Gasteiger partial charge is 0.0918 e. The van der Waals surface area contributed by atoms with Crippen molar-refractivity contribution in [2.45, 2.75) is 78.1 Å². The van der Waals surface area contributed by atoms with Crippen molar-refractivity contribution in [2.75, 3.05) is 0 Å². The second-order valence-corrected chi connectivity index (χ2v) is 5.08. The first kappa shape index (κ1) is 17.2. The molecule has 0 aliphatic rings. The van der Waals surface area contributed by atoms with Crippen molar-refractivity contribution in [3.63, 3.8) is 0 Å². The molecule has 0 rings (SSSR count). The van der Waals surface area contributed by atoms with Crippen molar-refractivity contribution in [3.05, 3.63) is 36.5 Å². The maximum Gasteiger partial charge on any atom is -0.0335 e. The highest BCUT2D eigenvalue weighted by molar-refractivity contribution is 5.26. The van der Waals surface area contributed by atoms with E-state index in [9.17, 15) is 0 Å². The van der Waals surface area contributed by atoms with Gasteiger partial charge in [0.2, 0.25) is 0 Å². The van der Waals surface area contributed by atoms with Gasteiger partial charge in [-0.2, -0.15) is 0 Å². The molecule has 0 spiro atoms. The van der Waals surface area contributed by atoms with Crippen LogP contribution in [-0.2, 0) is 0 Å². The molecule has 18 heavy (non-hydrogen) atoms. The van der Waals surface area contributed by atoms with Crippen molar-refractivity contribution in [3.8, 4) is 0 Å². The molecule has 0 heteroatoms. The van der Waals surface area contributed by atoms with Gasteiger partial charge >= 0.3 is 0 Å². The van der Waals surface area contributed by atoms with E-state index in [0.29, 0.717) is 0 Å². The summed E-state index contributed by atoms with van der Waals surface area (Å²) < 4.78 is 0. The summed E-state index contributed by atoms with van der Waals surface area (Å²) in [5.74, 6) is 0. The van der Waals surface area contributed by atoms with E-state index in [0.717, 1.165) is 5.57 Å². The van der Waals surface area contributed by atoms with Crippen molar-refractivity contribution in [1.29, 1.82) is 0 Å². The maximum absolute atomic E-state index is 4.05. The number of allylic oxidation sites excluding steroid dienone is 5. The molecule has 0 saturated carbocycles. The Labute approximate surface area is 115 Å². The molecule has 104 valence electrons. The summed E-state index contributed by atoms with van der Waals surface area (Å²) in [5.41, 5.74) is 1.14. The lowest BCUT2D eigenvalue weighted by atomic mass is 10.1. The third-order valence-electron chi connectivity index (χ3n) is 3.11. The van der Waals surface area contributed by atoms with Gasteiger partial charge in [0.05, 0.1) is 0 Å². The van der Waals surface area contributed by atoms with Gasteiger partial charge in [0.1, 0.15) is 0 Å². The molecule has 0 aromatic heterocycles.